The van der Waals surface area contributed by atoms with Crippen molar-refractivity contribution in [3.63, 3.8) is 0 Å². The summed E-state index contributed by atoms with van der Waals surface area (Å²) in [5.41, 5.74) is 5.30. The lowest BCUT2D eigenvalue weighted by molar-refractivity contribution is -0.144. The molecule has 0 rings (SSSR count). The van der Waals surface area contributed by atoms with Gasteiger partial charge in [0.1, 0.15) is 17.9 Å². The van der Waals surface area contributed by atoms with Crippen LogP contribution in [0, 0.1) is 0 Å². The molecule has 0 aromatic rings. The monoisotopic (exact) mass is 260 g/mol. The van der Waals surface area contributed by atoms with Gasteiger partial charge in [0.05, 0.1) is 0 Å². The molecule has 0 aromatic heterocycles. The number of aliphatic carboxylic acids is 2. The Labute approximate surface area is 105 Å². The average Bonchev–Trinajstić information content (AvgIpc) is 2.25. The molecule has 0 bridgehead atoms. The highest BCUT2D eigenvalue weighted by molar-refractivity contribution is 5.85. The van der Waals surface area contributed by atoms with Gasteiger partial charge in [-0.3, -0.25) is 19.7 Å². The van der Waals surface area contributed by atoms with Gasteiger partial charge in [-0.1, -0.05) is 6.42 Å². The van der Waals surface area contributed by atoms with Gasteiger partial charge in [-0.2, -0.15) is 0 Å². The lowest BCUT2D eigenvalue weighted by atomic mass is 10.1. The smallest absolute Gasteiger partial charge is 0.321 e. The first kappa shape index (κ1) is 16.5. The molecule has 0 saturated carbocycles. The fourth-order valence-electron chi connectivity index (χ4n) is 1.52. The SMILES string of the molecule is CC(=O)CC(N[C@@H](CCCCN)C(=O)O)C(=O)O. The van der Waals surface area contributed by atoms with Crippen molar-refractivity contribution in [2.75, 3.05) is 6.54 Å². The number of hydrogen-bond donors (Lipinski definition) is 4. The molecular formula is C11H20N2O5. The lowest BCUT2D eigenvalue weighted by Crippen LogP contribution is -2.48. The number of carbonyl (C=O) groups excluding carboxylic acids is 1. The number of rotatable bonds is 10. The summed E-state index contributed by atoms with van der Waals surface area (Å²) < 4.78 is 0. The number of hydrogen-bond acceptors (Lipinski definition) is 5. The van der Waals surface area contributed by atoms with Gasteiger partial charge in [0.2, 0.25) is 0 Å². The van der Waals surface area contributed by atoms with E-state index in [4.69, 9.17) is 15.9 Å². The normalized spacial score (nSPS) is 13.9. The molecule has 0 aromatic carbocycles. The topological polar surface area (TPSA) is 130 Å². The minimum absolute atomic E-state index is 0.226. The zero-order chi connectivity index (χ0) is 14.1. The molecule has 7 nitrogen and oxygen atoms in total. The second-order valence-electron chi connectivity index (χ2n) is 4.14. The van der Waals surface area contributed by atoms with E-state index in [-0.39, 0.29) is 18.6 Å². The first-order chi connectivity index (χ1) is 8.38. The molecule has 104 valence electrons. The van der Waals surface area contributed by atoms with E-state index in [0.717, 1.165) is 0 Å². The summed E-state index contributed by atoms with van der Waals surface area (Å²) in [6.45, 7) is 1.73. The van der Waals surface area contributed by atoms with Crippen molar-refractivity contribution >= 4 is 17.7 Å². The maximum Gasteiger partial charge on any atom is 0.321 e. The van der Waals surface area contributed by atoms with Crippen LogP contribution in [-0.2, 0) is 14.4 Å². The minimum atomic E-state index is -1.23. The molecule has 1 unspecified atom stereocenters. The molecule has 0 radical (unpaired) electrons. The summed E-state index contributed by atoms with van der Waals surface area (Å²) in [7, 11) is 0. The minimum Gasteiger partial charge on any atom is -0.480 e. The van der Waals surface area contributed by atoms with Crippen LogP contribution in [0.2, 0.25) is 0 Å². The molecule has 0 heterocycles. The van der Waals surface area contributed by atoms with Crippen LogP contribution in [0.3, 0.4) is 0 Å². The zero-order valence-corrected chi connectivity index (χ0v) is 10.4. The predicted octanol–water partition coefficient (Wildman–Crippen LogP) is -0.409. The Morgan fingerprint density at radius 3 is 2.06 bits per heavy atom. The van der Waals surface area contributed by atoms with E-state index in [1.165, 1.54) is 6.92 Å². The molecular weight excluding hydrogens is 240 g/mol. The number of Topliss-reactive ketones (excluding diaryl/α,β-unsaturated/α-hetero) is 1. The van der Waals surface area contributed by atoms with Crippen LogP contribution in [0.4, 0.5) is 0 Å². The van der Waals surface area contributed by atoms with E-state index >= 15 is 0 Å². The summed E-state index contributed by atoms with van der Waals surface area (Å²) in [6, 6.07) is -2.14. The van der Waals surface area contributed by atoms with Gasteiger partial charge in [0.15, 0.2) is 0 Å². The summed E-state index contributed by atoms with van der Waals surface area (Å²) in [6.07, 6.45) is 1.33. The van der Waals surface area contributed by atoms with E-state index < -0.39 is 24.0 Å². The number of nitrogens with two attached hydrogens (primary N) is 1. The lowest BCUT2D eigenvalue weighted by Gasteiger charge is -2.19. The van der Waals surface area contributed by atoms with Crippen molar-refractivity contribution in [1.82, 2.24) is 5.32 Å². The van der Waals surface area contributed by atoms with E-state index in [1.807, 2.05) is 0 Å². The number of ketones is 1. The van der Waals surface area contributed by atoms with Crippen LogP contribution in [0.15, 0.2) is 0 Å². The molecule has 0 aliphatic rings. The molecule has 5 N–H and O–H groups in total. The summed E-state index contributed by atoms with van der Waals surface area (Å²) >= 11 is 0. The van der Waals surface area contributed by atoms with Gasteiger partial charge in [-0.15, -0.1) is 0 Å². The van der Waals surface area contributed by atoms with Crippen LogP contribution in [0.1, 0.15) is 32.6 Å². The first-order valence-corrected chi connectivity index (χ1v) is 5.79. The molecule has 0 spiro atoms. The third kappa shape index (κ3) is 6.97. The third-order valence-electron chi connectivity index (χ3n) is 2.44. The molecule has 0 aliphatic heterocycles. The number of carboxylic acids is 2. The van der Waals surface area contributed by atoms with Crippen molar-refractivity contribution in [3.8, 4) is 0 Å². The molecule has 7 heteroatoms. The quantitative estimate of drug-likeness (QED) is 0.393. The Hall–Kier alpha value is -1.47. The van der Waals surface area contributed by atoms with Gasteiger partial charge in [0, 0.05) is 6.42 Å². The Kier molecular flexibility index (Phi) is 7.89. The molecule has 2 atom stereocenters. The van der Waals surface area contributed by atoms with Crippen molar-refractivity contribution in [1.29, 1.82) is 0 Å². The van der Waals surface area contributed by atoms with Gasteiger partial charge < -0.3 is 15.9 Å². The van der Waals surface area contributed by atoms with E-state index in [1.54, 1.807) is 0 Å². The van der Waals surface area contributed by atoms with Crippen LogP contribution in [-0.4, -0.2) is 46.6 Å². The van der Waals surface area contributed by atoms with Crippen LogP contribution in [0.25, 0.3) is 0 Å². The summed E-state index contributed by atoms with van der Waals surface area (Å²) in [4.78, 5) is 32.8. The maximum absolute atomic E-state index is 11.0. The van der Waals surface area contributed by atoms with E-state index in [2.05, 4.69) is 5.32 Å². The Morgan fingerprint density at radius 1 is 1.11 bits per heavy atom. The number of nitrogens with one attached hydrogen (secondary N) is 1. The Balaban J connectivity index is 4.46. The predicted molar refractivity (Wildman–Crippen MR) is 64.2 cm³/mol. The molecule has 0 amide bonds. The standard InChI is InChI=1S/C11H20N2O5/c1-7(14)6-9(11(17)18)13-8(10(15)16)4-2-3-5-12/h8-9,13H,2-6,12H2,1H3,(H,15,16)(H,17,18)/t8-,9?/m0/s1. The third-order valence-corrected chi connectivity index (χ3v) is 2.44. The summed E-state index contributed by atoms with van der Waals surface area (Å²) in [5, 5.41) is 20.3. The first-order valence-electron chi connectivity index (χ1n) is 5.79. The maximum atomic E-state index is 11.0. The highest BCUT2D eigenvalue weighted by atomic mass is 16.4. The van der Waals surface area contributed by atoms with Crippen molar-refractivity contribution < 1.29 is 24.6 Å². The van der Waals surface area contributed by atoms with Gasteiger partial charge >= 0.3 is 11.9 Å². The van der Waals surface area contributed by atoms with Gasteiger partial charge in [-0.05, 0) is 26.3 Å². The molecule has 18 heavy (non-hydrogen) atoms. The van der Waals surface area contributed by atoms with E-state index in [0.29, 0.717) is 19.4 Å². The van der Waals surface area contributed by atoms with Crippen molar-refractivity contribution in [2.24, 2.45) is 5.73 Å². The molecule has 0 aliphatic carbocycles. The van der Waals surface area contributed by atoms with Crippen molar-refractivity contribution in [3.05, 3.63) is 0 Å². The van der Waals surface area contributed by atoms with Crippen LogP contribution < -0.4 is 11.1 Å². The van der Waals surface area contributed by atoms with E-state index in [9.17, 15) is 14.4 Å². The van der Waals surface area contributed by atoms with Crippen LogP contribution in [0.5, 0.6) is 0 Å². The Morgan fingerprint density at radius 2 is 1.67 bits per heavy atom. The molecule has 0 fully saturated rings. The zero-order valence-electron chi connectivity index (χ0n) is 10.4. The fraction of sp³-hybridized carbons (Fsp3) is 0.727. The van der Waals surface area contributed by atoms with Crippen LogP contribution >= 0.6 is 0 Å². The largest absolute Gasteiger partial charge is 0.480 e. The molecule has 0 saturated heterocycles. The van der Waals surface area contributed by atoms with Gasteiger partial charge in [0.25, 0.3) is 0 Å². The van der Waals surface area contributed by atoms with Gasteiger partial charge in [-0.25, -0.2) is 0 Å². The summed E-state index contributed by atoms with van der Waals surface area (Å²) in [5.74, 6) is -2.65. The average molecular weight is 260 g/mol. The highest BCUT2D eigenvalue weighted by Gasteiger charge is 2.26. The second-order valence-corrected chi connectivity index (χ2v) is 4.14. The second kappa shape index (κ2) is 8.60. The Bertz CT molecular complexity index is 306. The number of carbonyl (C=O) groups is 3. The fourth-order valence-corrected chi connectivity index (χ4v) is 1.52. The number of carboxylic acid groups (broad SMARTS) is 2. The van der Waals surface area contributed by atoms with Crippen molar-refractivity contribution in [2.45, 2.75) is 44.7 Å². The highest BCUT2D eigenvalue weighted by Crippen LogP contribution is 2.04. The number of unbranched alkanes of at least 4 members (excludes halogenated alkanes) is 1.